The van der Waals surface area contributed by atoms with Gasteiger partial charge in [-0.3, -0.25) is 0 Å². The number of rotatable bonds is 4. The van der Waals surface area contributed by atoms with E-state index in [0.29, 0.717) is 28.6 Å². The van der Waals surface area contributed by atoms with Crippen LogP contribution in [0.1, 0.15) is 5.56 Å². The van der Waals surface area contributed by atoms with E-state index in [9.17, 15) is 8.78 Å². The van der Waals surface area contributed by atoms with Crippen LogP contribution < -0.4 is 5.32 Å². The van der Waals surface area contributed by atoms with Crippen molar-refractivity contribution in [2.24, 2.45) is 0 Å². The molecule has 0 unspecified atom stereocenters. The van der Waals surface area contributed by atoms with Crippen LogP contribution in [0.25, 0.3) is 11.3 Å². The lowest BCUT2D eigenvalue weighted by Crippen LogP contribution is -2.02. The fraction of sp³-hybridized carbons (Fsp3) is 0.0588. The maximum atomic E-state index is 13.3. The van der Waals surface area contributed by atoms with Crippen molar-refractivity contribution < 1.29 is 8.78 Å². The van der Waals surface area contributed by atoms with Crippen molar-refractivity contribution in [1.82, 2.24) is 9.97 Å². The standard InChI is InChI=1S/C17H12ClF2N3/c18-14-4-5-16(22-10-11-2-1-3-13(19)8-11)23-17(14)12-6-7-21-15(20)9-12/h1-9H,10H2,(H,22,23). The average Bonchev–Trinajstić information content (AvgIpc) is 2.54. The Morgan fingerprint density at radius 3 is 2.70 bits per heavy atom. The van der Waals surface area contributed by atoms with E-state index in [-0.39, 0.29) is 5.82 Å². The first-order valence-electron chi connectivity index (χ1n) is 6.88. The number of hydrogen-bond donors (Lipinski definition) is 1. The normalized spacial score (nSPS) is 10.6. The first kappa shape index (κ1) is 15.4. The third-order valence-corrected chi connectivity index (χ3v) is 3.51. The molecule has 0 radical (unpaired) electrons. The minimum absolute atomic E-state index is 0.290. The molecule has 3 rings (SSSR count). The van der Waals surface area contributed by atoms with Gasteiger partial charge < -0.3 is 5.32 Å². The topological polar surface area (TPSA) is 37.8 Å². The fourth-order valence-corrected chi connectivity index (χ4v) is 2.35. The second-order valence-electron chi connectivity index (χ2n) is 4.88. The van der Waals surface area contributed by atoms with Crippen LogP contribution >= 0.6 is 11.6 Å². The molecule has 0 amide bonds. The van der Waals surface area contributed by atoms with Gasteiger partial charge in [-0.1, -0.05) is 23.7 Å². The zero-order chi connectivity index (χ0) is 16.2. The van der Waals surface area contributed by atoms with E-state index in [0.717, 1.165) is 5.56 Å². The molecule has 0 spiro atoms. The first-order valence-corrected chi connectivity index (χ1v) is 7.26. The summed E-state index contributed by atoms with van der Waals surface area (Å²) in [6, 6.07) is 12.6. The summed E-state index contributed by atoms with van der Waals surface area (Å²) in [5.74, 6) is -0.328. The third-order valence-electron chi connectivity index (χ3n) is 3.21. The highest BCUT2D eigenvalue weighted by atomic mass is 35.5. The molecule has 0 aliphatic carbocycles. The zero-order valence-electron chi connectivity index (χ0n) is 11.9. The average molecular weight is 332 g/mol. The van der Waals surface area contributed by atoms with Crippen LogP contribution in [-0.2, 0) is 6.54 Å². The number of anilines is 1. The molecule has 0 fully saturated rings. The highest BCUT2D eigenvalue weighted by molar-refractivity contribution is 6.33. The minimum atomic E-state index is -0.599. The van der Waals surface area contributed by atoms with E-state index in [1.165, 1.54) is 24.4 Å². The summed E-state index contributed by atoms with van der Waals surface area (Å²) in [7, 11) is 0. The molecule has 1 aromatic carbocycles. The number of halogens is 3. The Hall–Kier alpha value is -2.53. The molecular formula is C17H12ClF2N3. The van der Waals surface area contributed by atoms with Crippen molar-refractivity contribution in [3.05, 3.63) is 77.1 Å². The molecule has 116 valence electrons. The quantitative estimate of drug-likeness (QED) is 0.705. The molecule has 3 nitrogen and oxygen atoms in total. The summed E-state index contributed by atoms with van der Waals surface area (Å²) >= 11 is 6.14. The van der Waals surface area contributed by atoms with Crippen LogP contribution in [-0.4, -0.2) is 9.97 Å². The summed E-state index contributed by atoms with van der Waals surface area (Å²) in [5.41, 5.74) is 1.78. The molecule has 6 heteroatoms. The lowest BCUT2D eigenvalue weighted by Gasteiger charge is -2.09. The first-order chi connectivity index (χ1) is 11.1. The van der Waals surface area contributed by atoms with Crippen LogP contribution in [0.3, 0.4) is 0 Å². The third kappa shape index (κ3) is 3.81. The molecule has 2 aromatic heterocycles. The Morgan fingerprint density at radius 1 is 1.04 bits per heavy atom. The SMILES string of the molecule is Fc1cccc(CNc2ccc(Cl)c(-c3ccnc(F)c3)n2)c1. The summed E-state index contributed by atoms with van der Waals surface area (Å²) in [5, 5.41) is 3.50. The molecule has 0 saturated carbocycles. The Morgan fingerprint density at radius 2 is 1.91 bits per heavy atom. The van der Waals surface area contributed by atoms with Gasteiger partial charge in [0.15, 0.2) is 0 Å². The number of aromatic nitrogens is 2. The van der Waals surface area contributed by atoms with E-state index in [1.54, 1.807) is 24.3 Å². The van der Waals surface area contributed by atoms with Gasteiger partial charge in [-0.2, -0.15) is 4.39 Å². The molecule has 23 heavy (non-hydrogen) atoms. The number of nitrogens with zero attached hydrogens (tertiary/aromatic N) is 2. The van der Waals surface area contributed by atoms with Gasteiger partial charge >= 0.3 is 0 Å². The molecule has 0 saturated heterocycles. The van der Waals surface area contributed by atoms with Crippen molar-refractivity contribution in [2.45, 2.75) is 6.54 Å². The van der Waals surface area contributed by atoms with E-state index < -0.39 is 5.95 Å². The Kier molecular flexibility index (Phi) is 4.48. The van der Waals surface area contributed by atoms with Crippen LogP contribution in [0.15, 0.2) is 54.7 Å². The molecule has 0 aliphatic rings. The maximum absolute atomic E-state index is 13.3. The van der Waals surface area contributed by atoms with Crippen molar-refractivity contribution in [2.75, 3.05) is 5.32 Å². The van der Waals surface area contributed by atoms with Gasteiger partial charge in [0.05, 0.1) is 10.7 Å². The van der Waals surface area contributed by atoms with Crippen LogP contribution in [0.2, 0.25) is 5.02 Å². The highest BCUT2D eigenvalue weighted by Crippen LogP contribution is 2.27. The van der Waals surface area contributed by atoms with Gasteiger partial charge in [-0.05, 0) is 35.9 Å². The molecule has 0 atom stereocenters. The smallest absolute Gasteiger partial charge is 0.213 e. The van der Waals surface area contributed by atoms with Crippen LogP contribution in [0.4, 0.5) is 14.6 Å². The predicted octanol–water partition coefficient (Wildman–Crippen LogP) is 4.69. The van der Waals surface area contributed by atoms with E-state index in [1.807, 2.05) is 6.07 Å². The van der Waals surface area contributed by atoms with Crippen molar-refractivity contribution in [3.8, 4) is 11.3 Å². The highest BCUT2D eigenvalue weighted by Gasteiger charge is 2.08. The summed E-state index contributed by atoms with van der Waals surface area (Å²) in [6.07, 6.45) is 1.36. The van der Waals surface area contributed by atoms with Gasteiger partial charge in [0.2, 0.25) is 5.95 Å². The molecule has 1 N–H and O–H groups in total. The van der Waals surface area contributed by atoms with Gasteiger partial charge in [0.25, 0.3) is 0 Å². The molecule has 2 heterocycles. The number of benzene rings is 1. The molecular weight excluding hydrogens is 320 g/mol. The second-order valence-corrected chi connectivity index (χ2v) is 5.28. The fourth-order valence-electron chi connectivity index (χ4n) is 2.13. The number of nitrogens with one attached hydrogen (secondary N) is 1. The zero-order valence-corrected chi connectivity index (χ0v) is 12.7. The summed E-state index contributed by atoms with van der Waals surface area (Å²) in [6.45, 7) is 0.413. The molecule has 0 bridgehead atoms. The lowest BCUT2D eigenvalue weighted by atomic mass is 10.2. The van der Waals surface area contributed by atoms with Crippen LogP contribution in [0.5, 0.6) is 0 Å². The monoisotopic (exact) mass is 331 g/mol. The summed E-state index contributed by atoms with van der Waals surface area (Å²) in [4.78, 5) is 7.90. The largest absolute Gasteiger partial charge is 0.366 e. The second kappa shape index (κ2) is 6.71. The number of hydrogen-bond acceptors (Lipinski definition) is 3. The Balaban J connectivity index is 1.83. The predicted molar refractivity (Wildman–Crippen MR) is 86.2 cm³/mol. The van der Waals surface area contributed by atoms with Crippen molar-refractivity contribution in [1.29, 1.82) is 0 Å². The van der Waals surface area contributed by atoms with Gasteiger partial charge in [0.1, 0.15) is 11.6 Å². The van der Waals surface area contributed by atoms with E-state index >= 15 is 0 Å². The number of pyridine rings is 2. The van der Waals surface area contributed by atoms with E-state index in [4.69, 9.17) is 11.6 Å². The Bertz CT molecular complexity index is 840. The van der Waals surface area contributed by atoms with Crippen molar-refractivity contribution in [3.63, 3.8) is 0 Å². The molecule has 3 aromatic rings. The van der Waals surface area contributed by atoms with Gasteiger partial charge in [-0.25, -0.2) is 14.4 Å². The lowest BCUT2D eigenvalue weighted by molar-refractivity contribution is 0.584. The van der Waals surface area contributed by atoms with Gasteiger partial charge in [-0.15, -0.1) is 0 Å². The summed E-state index contributed by atoms with van der Waals surface area (Å²) < 4.78 is 26.4. The Labute approximate surface area is 137 Å². The van der Waals surface area contributed by atoms with Gasteiger partial charge in [0, 0.05) is 24.4 Å². The maximum Gasteiger partial charge on any atom is 0.213 e. The molecule has 0 aliphatic heterocycles. The van der Waals surface area contributed by atoms with Crippen molar-refractivity contribution >= 4 is 17.4 Å². The van der Waals surface area contributed by atoms with Crippen LogP contribution in [0, 0.1) is 11.8 Å². The van der Waals surface area contributed by atoms with E-state index in [2.05, 4.69) is 15.3 Å². The minimum Gasteiger partial charge on any atom is -0.366 e.